The highest BCUT2D eigenvalue weighted by atomic mass is 19.1. The molecule has 0 saturated heterocycles. The number of ether oxygens (including phenoxy) is 2. The maximum absolute atomic E-state index is 13.9. The zero-order chi connectivity index (χ0) is 18.1. The molecule has 4 rings (SSSR count). The highest BCUT2D eigenvalue weighted by Gasteiger charge is 2.15. The standard InChI is InChI=1S/C20H15FN2O3/c1-12-2-5-15(16(21)8-12)18(24)6-4-14-10-17(23-22-14)13-3-7-19-20(9-13)26-11-25-19/h2-10H,11H2,1H3,(H,22,23)/b6-4+. The van der Waals surface area contributed by atoms with Gasteiger partial charge in [-0.05, 0) is 61.0 Å². The van der Waals surface area contributed by atoms with Crippen molar-refractivity contribution in [1.29, 1.82) is 0 Å². The van der Waals surface area contributed by atoms with E-state index >= 15 is 0 Å². The zero-order valence-corrected chi connectivity index (χ0v) is 14.0. The largest absolute Gasteiger partial charge is 0.454 e. The molecule has 130 valence electrons. The van der Waals surface area contributed by atoms with Crippen LogP contribution in [-0.4, -0.2) is 22.8 Å². The molecule has 0 saturated carbocycles. The van der Waals surface area contributed by atoms with Gasteiger partial charge in [0.1, 0.15) is 5.82 Å². The number of carbonyl (C=O) groups excluding carboxylic acids is 1. The first-order valence-electron chi connectivity index (χ1n) is 8.04. The number of aromatic nitrogens is 2. The van der Waals surface area contributed by atoms with Crippen LogP contribution in [0.5, 0.6) is 11.5 Å². The van der Waals surface area contributed by atoms with Gasteiger partial charge in [0.15, 0.2) is 17.3 Å². The van der Waals surface area contributed by atoms with Crippen molar-refractivity contribution in [1.82, 2.24) is 10.2 Å². The molecule has 0 radical (unpaired) electrons. The van der Waals surface area contributed by atoms with Crippen LogP contribution in [-0.2, 0) is 0 Å². The first kappa shape index (κ1) is 16.1. The van der Waals surface area contributed by atoms with E-state index in [9.17, 15) is 9.18 Å². The Morgan fingerprint density at radius 3 is 2.85 bits per heavy atom. The van der Waals surface area contributed by atoms with Gasteiger partial charge in [-0.15, -0.1) is 0 Å². The molecule has 0 atom stereocenters. The highest BCUT2D eigenvalue weighted by molar-refractivity contribution is 6.06. The lowest BCUT2D eigenvalue weighted by Crippen LogP contribution is -1.98. The van der Waals surface area contributed by atoms with E-state index < -0.39 is 11.6 Å². The predicted molar refractivity (Wildman–Crippen MR) is 94.6 cm³/mol. The smallest absolute Gasteiger partial charge is 0.231 e. The van der Waals surface area contributed by atoms with Crippen molar-refractivity contribution in [2.45, 2.75) is 6.92 Å². The quantitative estimate of drug-likeness (QED) is 0.567. The number of ketones is 1. The SMILES string of the molecule is Cc1ccc(C(=O)/C=C/c2cc(-c3ccc4c(c3)OCO4)n[nH]2)c(F)c1. The third-order valence-corrected chi connectivity index (χ3v) is 4.07. The summed E-state index contributed by atoms with van der Waals surface area (Å²) in [5, 5.41) is 7.08. The fourth-order valence-electron chi connectivity index (χ4n) is 2.70. The summed E-state index contributed by atoms with van der Waals surface area (Å²) in [5.41, 5.74) is 3.02. The fourth-order valence-corrected chi connectivity index (χ4v) is 2.70. The molecule has 0 amide bonds. The van der Waals surface area contributed by atoms with E-state index in [2.05, 4.69) is 10.2 Å². The molecule has 5 nitrogen and oxygen atoms in total. The number of allylic oxidation sites excluding steroid dienone is 1. The number of nitrogens with one attached hydrogen (secondary N) is 1. The number of rotatable bonds is 4. The number of nitrogens with zero attached hydrogens (tertiary/aromatic N) is 1. The van der Waals surface area contributed by atoms with Gasteiger partial charge in [-0.25, -0.2) is 4.39 Å². The molecule has 0 fully saturated rings. The third-order valence-electron chi connectivity index (χ3n) is 4.07. The Hall–Kier alpha value is -3.41. The summed E-state index contributed by atoms with van der Waals surface area (Å²) in [4.78, 5) is 12.2. The number of hydrogen-bond acceptors (Lipinski definition) is 4. The van der Waals surface area contributed by atoms with Gasteiger partial charge >= 0.3 is 0 Å². The van der Waals surface area contributed by atoms with Crippen molar-refractivity contribution in [3.8, 4) is 22.8 Å². The van der Waals surface area contributed by atoms with E-state index in [4.69, 9.17) is 9.47 Å². The minimum absolute atomic E-state index is 0.0439. The van der Waals surface area contributed by atoms with E-state index in [0.717, 1.165) is 11.1 Å². The van der Waals surface area contributed by atoms with Gasteiger partial charge < -0.3 is 9.47 Å². The third kappa shape index (κ3) is 3.09. The average Bonchev–Trinajstić information content (AvgIpc) is 3.28. The minimum atomic E-state index is -0.523. The van der Waals surface area contributed by atoms with Crippen molar-refractivity contribution in [2.75, 3.05) is 6.79 Å². The molecule has 0 spiro atoms. The summed E-state index contributed by atoms with van der Waals surface area (Å²) in [7, 11) is 0. The number of aromatic amines is 1. The van der Waals surface area contributed by atoms with Crippen molar-refractivity contribution >= 4 is 11.9 Å². The number of halogens is 1. The number of benzene rings is 2. The number of aryl methyl sites for hydroxylation is 1. The molecule has 0 aliphatic carbocycles. The van der Waals surface area contributed by atoms with Crippen molar-refractivity contribution in [3.63, 3.8) is 0 Å². The van der Waals surface area contributed by atoms with Crippen LogP contribution in [0.3, 0.4) is 0 Å². The summed E-state index contributed by atoms with van der Waals surface area (Å²) >= 11 is 0. The van der Waals surface area contributed by atoms with Crippen LogP contribution in [0.15, 0.2) is 48.5 Å². The van der Waals surface area contributed by atoms with Crippen LogP contribution < -0.4 is 9.47 Å². The molecule has 2 heterocycles. The summed E-state index contributed by atoms with van der Waals surface area (Å²) in [5.74, 6) is 0.454. The second kappa shape index (κ2) is 6.48. The van der Waals surface area contributed by atoms with Gasteiger partial charge in [0.25, 0.3) is 0 Å². The van der Waals surface area contributed by atoms with E-state index in [-0.39, 0.29) is 12.4 Å². The first-order chi connectivity index (χ1) is 12.6. The van der Waals surface area contributed by atoms with E-state index in [1.54, 1.807) is 25.1 Å². The maximum atomic E-state index is 13.9. The Labute approximate surface area is 149 Å². The fraction of sp³-hybridized carbons (Fsp3) is 0.100. The van der Waals surface area contributed by atoms with Crippen molar-refractivity contribution < 1.29 is 18.7 Å². The normalized spacial score (nSPS) is 12.7. The van der Waals surface area contributed by atoms with Gasteiger partial charge in [-0.3, -0.25) is 9.89 Å². The Kier molecular flexibility index (Phi) is 4.01. The molecule has 0 bridgehead atoms. The number of carbonyl (C=O) groups is 1. The summed E-state index contributed by atoms with van der Waals surface area (Å²) in [6.07, 6.45) is 2.90. The van der Waals surface area contributed by atoms with Crippen LogP contribution in [0.25, 0.3) is 17.3 Å². The topological polar surface area (TPSA) is 64.2 Å². The van der Waals surface area contributed by atoms with E-state index in [1.165, 1.54) is 18.2 Å². The molecule has 1 aromatic heterocycles. The Morgan fingerprint density at radius 1 is 1.15 bits per heavy atom. The number of H-pyrrole nitrogens is 1. The molecule has 2 aromatic carbocycles. The Morgan fingerprint density at radius 2 is 2.00 bits per heavy atom. The zero-order valence-electron chi connectivity index (χ0n) is 14.0. The summed E-state index contributed by atoms with van der Waals surface area (Å²) < 4.78 is 24.5. The maximum Gasteiger partial charge on any atom is 0.231 e. The Bertz CT molecular complexity index is 1020. The number of fused-ring (bicyclic) bond motifs is 1. The lowest BCUT2D eigenvalue weighted by Gasteiger charge is -1.99. The summed E-state index contributed by atoms with van der Waals surface area (Å²) in [6, 6.07) is 11.9. The minimum Gasteiger partial charge on any atom is -0.454 e. The molecule has 1 aliphatic heterocycles. The van der Waals surface area contributed by atoms with E-state index in [1.807, 2.05) is 18.2 Å². The van der Waals surface area contributed by atoms with Crippen LogP contribution in [0, 0.1) is 12.7 Å². The van der Waals surface area contributed by atoms with Crippen molar-refractivity contribution in [3.05, 3.63) is 71.2 Å². The van der Waals surface area contributed by atoms with Crippen LogP contribution in [0.4, 0.5) is 4.39 Å². The van der Waals surface area contributed by atoms with Crippen LogP contribution in [0.1, 0.15) is 21.6 Å². The second-order valence-electron chi connectivity index (χ2n) is 5.96. The van der Waals surface area contributed by atoms with Crippen molar-refractivity contribution in [2.24, 2.45) is 0 Å². The molecule has 3 aromatic rings. The highest BCUT2D eigenvalue weighted by Crippen LogP contribution is 2.35. The van der Waals surface area contributed by atoms with Gasteiger partial charge in [0.2, 0.25) is 6.79 Å². The first-order valence-corrected chi connectivity index (χ1v) is 8.04. The average molecular weight is 350 g/mol. The molecular weight excluding hydrogens is 335 g/mol. The van der Waals surface area contributed by atoms with Crippen LogP contribution >= 0.6 is 0 Å². The lowest BCUT2D eigenvalue weighted by atomic mass is 10.1. The van der Waals surface area contributed by atoms with Gasteiger partial charge in [0.05, 0.1) is 17.0 Å². The Balaban J connectivity index is 1.53. The molecule has 1 N–H and O–H groups in total. The lowest BCUT2D eigenvalue weighted by molar-refractivity contribution is 0.104. The molecular formula is C20H15FN2O3. The van der Waals surface area contributed by atoms with Gasteiger partial charge in [-0.1, -0.05) is 6.07 Å². The summed E-state index contributed by atoms with van der Waals surface area (Å²) in [6.45, 7) is 1.99. The monoisotopic (exact) mass is 350 g/mol. The number of hydrogen-bond donors (Lipinski definition) is 1. The van der Waals surface area contributed by atoms with Gasteiger partial charge in [0, 0.05) is 5.56 Å². The molecule has 1 aliphatic rings. The molecule has 26 heavy (non-hydrogen) atoms. The van der Waals surface area contributed by atoms with Gasteiger partial charge in [-0.2, -0.15) is 5.10 Å². The molecule has 6 heteroatoms. The molecule has 0 unspecified atom stereocenters. The van der Waals surface area contributed by atoms with E-state index in [0.29, 0.717) is 22.9 Å². The predicted octanol–water partition coefficient (Wildman–Crippen LogP) is 4.15. The second-order valence-corrected chi connectivity index (χ2v) is 5.96. The van der Waals surface area contributed by atoms with Crippen LogP contribution in [0.2, 0.25) is 0 Å².